The molecule has 21 heavy (non-hydrogen) atoms. The predicted octanol–water partition coefficient (Wildman–Crippen LogP) is 2.81. The quantitative estimate of drug-likeness (QED) is 0.859. The van der Waals surface area contributed by atoms with E-state index in [0.29, 0.717) is 5.58 Å². The molecule has 1 unspecified atom stereocenters. The molecule has 0 spiro atoms. The van der Waals surface area contributed by atoms with Crippen LogP contribution in [0.1, 0.15) is 36.4 Å². The molecule has 0 bridgehead atoms. The number of amides is 1. The van der Waals surface area contributed by atoms with Gasteiger partial charge in [0, 0.05) is 17.0 Å². The molecule has 1 atom stereocenters. The second-order valence-corrected chi connectivity index (χ2v) is 5.01. The Hall–Kier alpha value is -2.30. The van der Waals surface area contributed by atoms with Gasteiger partial charge in [-0.2, -0.15) is 0 Å². The van der Waals surface area contributed by atoms with Gasteiger partial charge < -0.3 is 14.5 Å². The minimum absolute atomic E-state index is 0.0594. The Bertz CT molecular complexity index is 659. The molecule has 1 heterocycles. The fourth-order valence-corrected chi connectivity index (χ4v) is 1.98. The van der Waals surface area contributed by atoms with Crippen LogP contribution in [0.3, 0.4) is 0 Å². The molecule has 5 nitrogen and oxygen atoms in total. The number of furan rings is 1. The molecule has 0 aliphatic rings. The van der Waals surface area contributed by atoms with E-state index in [0.717, 1.165) is 17.4 Å². The summed E-state index contributed by atoms with van der Waals surface area (Å²) in [6.45, 7) is 5.35. The molecule has 1 N–H and O–H groups in total. The second-order valence-electron chi connectivity index (χ2n) is 5.01. The summed E-state index contributed by atoms with van der Waals surface area (Å²) >= 11 is 0. The first kappa shape index (κ1) is 15.1. The summed E-state index contributed by atoms with van der Waals surface area (Å²) in [5.41, 5.74) is 1.35. The van der Waals surface area contributed by atoms with Crippen molar-refractivity contribution in [2.24, 2.45) is 0 Å². The Kier molecular flexibility index (Phi) is 4.62. The molecule has 0 aliphatic heterocycles. The minimum Gasteiger partial charge on any atom is -0.450 e. The number of hydrogen-bond acceptors (Lipinski definition) is 4. The maximum atomic E-state index is 12.0. The van der Waals surface area contributed by atoms with E-state index in [4.69, 9.17) is 9.15 Å². The van der Waals surface area contributed by atoms with Gasteiger partial charge in [0.2, 0.25) is 5.76 Å². The number of carbonyl (C=O) groups excluding carboxylic acids is 2. The zero-order valence-corrected chi connectivity index (χ0v) is 12.4. The summed E-state index contributed by atoms with van der Waals surface area (Å²) in [5, 5.41) is 3.60. The number of benzene rings is 1. The van der Waals surface area contributed by atoms with Crippen molar-refractivity contribution in [3.05, 3.63) is 35.6 Å². The zero-order chi connectivity index (χ0) is 15.4. The molecular formula is C16H19NO4. The van der Waals surface area contributed by atoms with Crippen LogP contribution in [0.25, 0.3) is 11.0 Å². The van der Waals surface area contributed by atoms with Gasteiger partial charge in [0.05, 0.1) is 0 Å². The summed E-state index contributed by atoms with van der Waals surface area (Å²) < 4.78 is 10.5. The van der Waals surface area contributed by atoms with Gasteiger partial charge in [0.15, 0.2) is 6.61 Å². The van der Waals surface area contributed by atoms with Crippen molar-refractivity contribution in [2.45, 2.75) is 33.2 Å². The lowest BCUT2D eigenvalue weighted by Crippen LogP contribution is -2.35. The summed E-state index contributed by atoms with van der Waals surface area (Å²) in [4.78, 5) is 23.6. The zero-order valence-electron chi connectivity index (χ0n) is 12.4. The molecule has 5 heteroatoms. The highest BCUT2D eigenvalue weighted by molar-refractivity contribution is 5.96. The summed E-state index contributed by atoms with van der Waals surface area (Å²) in [6, 6.07) is 7.43. The molecule has 0 saturated heterocycles. The van der Waals surface area contributed by atoms with Gasteiger partial charge in [0.25, 0.3) is 5.91 Å². The minimum atomic E-state index is -0.622. The second kappa shape index (κ2) is 6.43. The van der Waals surface area contributed by atoms with Gasteiger partial charge in [-0.3, -0.25) is 4.79 Å². The first-order valence-electron chi connectivity index (χ1n) is 6.97. The molecule has 0 saturated carbocycles. The van der Waals surface area contributed by atoms with Crippen LogP contribution >= 0.6 is 0 Å². The first-order valence-corrected chi connectivity index (χ1v) is 6.97. The molecule has 0 aliphatic carbocycles. The number of ether oxygens (including phenoxy) is 1. The van der Waals surface area contributed by atoms with E-state index in [-0.39, 0.29) is 24.3 Å². The van der Waals surface area contributed by atoms with Gasteiger partial charge in [-0.1, -0.05) is 25.1 Å². The Labute approximate surface area is 123 Å². The van der Waals surface area contributed by atoms with Crippen LogP contribution in [-0.4, -0.2) is 24.5 Å². The monoisotopic (exact) mass is 289 g/mol. The molecule has 0 fully saturated rings. The van der Waals surface area contributed by atoms with Crippen LogP contribution in [0, 0.1) is 6.92 Å². The lowest BCUT2D eigenvalue weighted by molar-refractivity contribution is -0.124. The fraction of sp³-hybridized carbons (Fsp3) is 0.375. The van der Waals surface area contributed by atoms with E-state index in [1.807, 2.05) is 32.0 Å². The van der Waals surface area contributed by atoms with Gasteiger partial charge in [-0.05, 0) is 26.3 Å². The molecule has 2 aromatic rings. The first-order chi connectivity index (χ1) is 10.0. The average Bonchev–Trinajstić information content (AvgIpc) is 2.82. The molecule has 2 rings (SSSR count). The molecule has 1 amide bonds. The molecule has 112 valence electrons. The number of para-hydroxylation sites is 1. The molecular weight excluding hydrogens is 270 g/mol. The summed E-state index contributed by atoms with van der Waals surface area (Å²) in [7, 11) is 0. The highest BCUT2D eigenvalue weighted by atomic mass is 16.5. The number of nitrogens with one attached hydrogen (secondary N) is 1. The van der Waals surface area contributed by atoms with Crippen molar-refractivity contribution >= 4 is 22.8 Å². The summed E-state index contributed by atoms with van der Waals surface area (Å²) in [5.74, 6) is -0.790. The predicted molar refractivity (Wildman–Crippen MR) is 79.1 cm³/mol. The number of carbonyl (C=O) groups is 2. The molecule has 1 aromatic heterocycles. The third-order valence-corrected chi connectivity index (χ3v) is 3.38. The van der Waals surface area contributed by atoms with E-state index in [1.165, 1.54) is 0 Å². The van der Waals surface area contributed by atoms with Crippen molar-refractivity contribution in [3.8, 4) is 0 Å². The largest absolute Gasteiger partial charge is 0.450 e. The van der Waals surface area contributed by atoms with Crippen molar-refractivity contribution in [1.29, 1.82) is 0 Å². The third kappa shape index (κ3) is 3.42. The Morgan fingerprint density at radius 2 is 2.05 bits per heavy atom. The van der Waals surface area contributed by atoms with Gasteiger partial charge >= 0.3 is 5.97 Å². The molecule has 0 radical (unpaired) electrons. The highest BCUT2D eigenvalue weighted by Gasteiger charge is 2.19. The smallest absolute Gasteiger partial charge is 0.375 e. The van der Waals surface area contributed by atoms with Crippen molar-refractivity contribution < 1.29 is 18.7 Å². The van der Waals surface area contributed by atoms with Crippen LogP contribution in [0.4, 0.5) is 0 Å². The standard InChI is InChI=1S/C16H19NO4/c1-4-10(2)17-14(18)9-20-16(19)15-11(3)12-7-5-6-8-13(12)21-15/h5-8,10H,4,9H2,1-3H3,(H,17,18). The fourth-order valence-electron chi connectivity index (χ4n) is 1.98. The van der Waals surface area contributed by atoms with Gasteiger partial charge in [-0.15, -0.1) is 0 Å². The average molecular weight is 289 g/mol. The van der Waals surface area contributed by atoms with Crippen molar-refractivity contribution in [1.82, 2.24) is 5.32 Å². The van der Waals surface area contributed by atoms with Crippen LogP contribution in [0.5, 0.6) is 0 Å². The van der Waals surface area contributed by atoms with E-state index in [2.05, 4.69) is 5.32 Å². The van der Waals surface area contributed by atoms with E-state index < -0.39 is 5.97 Å². The van der Waals surface area contributed by atoms with Crippen LogP contribution < -0.4 is 5.32 Å². The van der Waals surface area contributed by atoms with E-state index >= 15 is 0 Å². The number of esters is 1. The Balaban J connectivity index is 2.02. The number of fused-ring (bicyclic) bond motifs is 1. The topological polar surface area (TPSA) is 68.5 Å². The Morgan fingerprint density at radius 3 is 2.71 bits per heavy atom. The number of aryl methyl sites for hydroxylation is 1. The van der Waals surface area contributed by atoms with E-state index in [9.17, 15) is 9.59 Å². The normalized spacial score (nSPS) is 12.1. The SMILES string of the molecule is CCC(C)NC(=O)COC(=O)c1oc2ccccc2c1C. The van der Waals surface area contributed by atoms with Crippen LogP contribution in [0.15, 0.2) is 28.7 Å². The number of hydrogen-bond donors (Lipinski definition) is 1. The maximum absolute atomic E-state index is 12.0. The maximum Gasteiger partial charge on any atom is 0.375 e. The van der Waals surface area contributed by atoms with Crippen LogP contribution in [-0.2, 0) is 9.53 Å². The summed E-state index contributed by atoms with van der Waals surface area (Å²) in [6.07, 6.45) is 0.822. The van der Waals surface area contributed by atoms with Gasteiger partial charge in [0.1, 0.15) is 5.58 Å². The lowest BCUT2D eigenvalue weighted by Gasteiger charge is -2.11. The third-order valence-electron chi connectivity index (χ3n) is 3.38. The number of rotatable bonds is 5. The Morgan fingerprint density at radius 1 is 1.33 bits per heavy atom. The van der Waals surface area contributed by atoms with Gasteiger partial charge in [-0.25, -0.2) is 4.79 Å². The lowest BCUT2D eigenvalue weighted by atomic mass is 10.1. The highest BCUT2D eigenvalue weighted by Crippen LogP contribution is 2.25. The van der Waals surface area contributed by atoms with E-state index in [1.54, 1.807) is 13.0 Å². The van der Waals surface area contributed by atoms with Crippen molar-refractivity contribution in [3.63, 3.8) is 0 Å². The van der Waals surface area contributed by atoms with Crippen LogP contribution in [0.2, 0.25) is 0 Å². The molecule has 1 aromatic carbocycles. The van der Waals surface area contributed by atoms with Crippen molar-refractivity contribution in [2.75, 3.05) is 6.61 Å².